The number of hydrogen-bond donors (Lipinski definition) is 0. The summed E-state index contributed by atoms with van der Waals surface area (Å²) in [5.74, 6) is -1.08. The SMILES string of the molecule is [C-]#[N+]c1c(C2c3ccc(-c4ccccc4)cc3-c3cc(-c4ccccc4)ccc32)c(C#N)c(C2c3ccc(-c4ccccc4)cc3-c3cc(-c4ccccc4)ccc32)c(C#N)c1-n1c2ccccc2c2ccccc21. The molecule has 75 heavy (non-hydrogen) atoms. The van der Waals surface area contributed by atoms with Crippen molar-refractivity contribution in [3.8, 4) is 84.6 Å². The molecule has 12 aromatic rings. The molecule has 0 amide bonds. The summed E-state index contributed by atoms with van der Waals surface area (Å²) in [5.41, 5.74) is 21.3. The van der Waals surface area contributed by atoms with Gasteiger partial charge in [0.25, 0.3) is 0 Å². The van der Waals surface area contributed by atoms with Gasteiger partial charge < -0.3 is 4.57 Å². The van der Waals surface area contributed by atoms with Crippen molar-refractivity contribution in [2.45, 2.75) is 11.8 Å². The smallest absolute Gasteiger partial charge is 0.217 e. The first kappa shape index (κ1) is 43.5. The van der Waals surface area contributed by atoms with Gasteiger partial charge >= 0.3 is 0 Å². The highest BCUT2D eigenvalue weighted by atomic mass is 15.0. The van der Waals surface area contributed by atoms with Gasteiger partial charge in [0.2, 0.25) is 5.69 Å². The van der Waals surface area contributed by atoms with Gasteiger partial charge in [0, 0.05) is 22.6 Å². The van der Waals surface area contributed by atoms with Gasteiger partial charge in [-0.2, -0.15) is 10.5 Å². The zero-order valence-corrected chi connectivity index (χ0v) is 40.5. The summed E-state index contributed by atoms with van der Waals surface area (Å²) >= 11 is 0. The van der Waals surface area contributed by atoms with Gasteiger partial charge in [-0.3, -0.25) is 0 Å². The molecular formula is C71H42N4. The molecule has 1 heterocycles. The molecule has 0 saturated heterocycles. The molecule has 0 atom stereocenters. The molecule has 0 N–H and O–H groups in total. The van der Waals surface area contributed by atoms with Crippen LogP contribution in [0, 0.1) is 29.2 Å². The quantitative estimate of drug-likeness (QED) is 0.149. The van der Waals surface area contributed by atoms with E-state index in [1.165, 1.54) is 0 Å². The second-order valence-corrected chi connectivity index (χ2v) is 19.5. The average molecular weight is 951 g/mol. The van der Waals surface area contributed by atoms with Crippen LogP contribution in [0.1, 0.15) is 56.3 Å². The summed E-state index contributed by atoms with van der Waals surface area (Å²) < 4.78 is 2.13. The maximum atomic E-state index is 12.2. The van der Waals surface area contributed by atoms with E-state index in [1.54, 1.807) is 0 Å². The fourth-order valence-electron chi connectivity index (χ4n) is 12.4. The molecule has 14 rings (SSSR count). The molecule has 4 nitrogen and oxygen atoms in total. The summed E-state index contributed by atoms with van der Waals surface area (Å²) in [5, 5.41) is 26.3. The van der Waals surface area contributed by atoms with Gasteiger partial charge in [-0.1, -0.05) is 206 Å². The zero-order valence-electron chi connectivity index (χ0n) is 40.5. The van der Waals surface area contributed by atoms with E-state index in [-0.39, 0.29) is 0 Å². The first-order valence-electron chi connectivity index (χ1n) is 25.3. The first-order chi connectivity index (χ1) is 37.1. The first-order valence-corrected chi connectivity index (χ1v) is 25.3. The number of fused-ring (bicyclic) bond motifs is 9. The van der Waals surface area contributed by atoms with Gasteiger partial charge in [-0.15, -0.1) is 0 Å². The Bertz CT molecular complexity index is 3980. The number of nitriles is 2. The monoisotopic (exact) mass is 950 g/mol. The highest BCUT2D eigenvalue weighted by Crippen LogP contribution is 2.59. The maximum absolute atomic E-state index is 12.2. The highest BCUT2D eigenvalue weighted by molar-refractivity contribution is 6.10. The number of benzene rings is 11. The van der Waals surface area contributed by atoms with Gasteiger partial charge in [0.05, 0.1) is 40.5 Å². The number of para-hydroxylation sites is 2. The normalized spacial score (nSPS) is 12.4. The molecule has 0 unspecified atom stereocenters. The van der Waals surface area contributed by atoms with Crippen molar-refractivity contribution in [1.29, 1.82) is 10.5 Å². The van der Waals surface area contributed by atoms with Crippen LogP contribution >= 0.6 is 0 Å². The Morgan fingerprint density at radius 3 is 1.00 bits per heavy atom. The van der Waals surface area contributed by atoms with Crippen molar-refractivity contribution in [2.75, 3.05) is 0 Å². The van der Waals surface area contributed by atoms with E-state index in [9.17, 15) is 17.1 Å². The van der Waals surface area contributed by atoms with E-state index in [0.717, 1.165) is 111 Å². The number of hydrogen-bond acceptors (Lipinski definition) is 2. The molecule has 11 aromatic carbocycles. The van der Waals surface area contributed by atoms with Crippen molar-refractivity contribution >= 4 is 27.5 Å². The Balaban J connectivity index is 1.12. The number of rotatable bonds is 7. The molecule has 0 radical (unpaired) electrons. The van der Waals surface area contributed by atoms with Crippen LogP contribution in [0.3, 0.4) is 0 Å². The van der Waals surface area contributed by atoms with Crippen molar-refractivity contribution in [1.82, 2.24) is 4.57 Å². The predicted molar refractivity (Wildman–Crippen MR) is 304 cm³/mol. The van der Waals surface area contributed by atoms with E-state index >= 15 is 0 Å². The van der Waals surface area contributed by atoms with Gasteiger partial charge in [-0.05, 0) is 137 Å². The van der Waals surface area contributed by atoms with Crippen LogP contribution in [-0.2, 0) is 0 Å². The summed E-state index contributed by atoms with van der Waals surface area (Å²) in [4.78, 5) is 4.55. The van der Waals surface area contributed by atoms with E-state index in [2.05, 4.69) is 216 Å². The zero-order chi connectivity index (χ0) is 50.1. The number of aromatic nitrogens is 1. The molecule has 4 heteroatoms. The van der Waals surface area contributed by atoms with E-state index in [0.29, 0.717) is 33.6 Å². The van der Waals surface area contributed by atoms with Gasteiger partial charge in [0.1, 0.15) is 6.07 Å². The minimum absolute atomic E-state index is 0.290. The Morgan fingerprint density at radius 2 is 0.667 bits per heavy atom. The molecule has 0 saturated carbocycles. The van der Waals surface area contributed by atoms with Crippen molar-refractivity contribution < 1.29 is 0 Å². The minimum atomic E-state index is -0.541. The lowest BCUT2D eigenvalue weighted by Crippen LogP contribution is -2.15. The Hall–Kier alpha value is -10.3. The third-order valence-electron chi connectivity index (χ3n) is 15.7. The van der Waals surface area contributed by atoms with Crippen molar-refractivity contribution in [3.63, 3.8) is 0 Å². The molecule has 346 valence electrons. The lowest BCUT2D eigenvalue weighted by molar-refractivity contribution is 0.951. The fourth-order valence-corrected chi connectivity index (χ4v) is 12.4. The largest absolute Gasteiger partial charge is 0.318 e. The Kier molecular flexibility index (Phi) is 10.1. The molecular weight excluding hydrogens is 909 g/mol. The van der Waals surface area contributed by atoms with Crippen LogP contribution in [0.25, 0.3) is 99.1 Å². The van der Waals surface area contributed by atoms with Crippen LogP contribution in [0.2, 0.25) is 0 Å². The molecule has 0 fully saturated rings. The molecule has 2 aliphatic carbocycles. The Morgan fingerprint density at radius 1 is 0.347 bits per heavy atom. The summed E-state index contributed by atoms with van der Waals surface area (Å²) in [6.07, 6.45) is 0. The third kappa shape index (κ3) is 6.74. The Labute approximate surface area is 435 Å². The van der Waals surface area contributed by atoms with E-state index < -0.39 is 11.8 Å². The maximum Gasteiger partial charge on any atom is 0.217 e. The number of nitrogens with zero attached hydrogens (tertiary/aromatic N) is 4. The minimum Gasteiger partial charge on any atom is -0.318 e. The van der Waals surface area contributed by atoms with Crippen LogP contribution in [0.15, 0.2) is 243 Å². The van der Waals surface area contributed by atoms with Gasteiger partial charge in [0.15, 0.2) is 0 Å². The van der Waals surface area contributed by atoms with Crippen LogP contribution < -0.4 is 0 Å². The molecule has 1 aromatic heterocycles. The highest BCUT2D eigenvalue weighted by Gasteiger charge is 2.42. The van der Waals surface area contributed by atoms with Crippen LogP contribution in [0.4, 0.5) is 5.69 Å². The fraction of sp³-hybridized carbons (Fsp3) is 0.0282. The average Bonchev–Trinajstić information content (AvgIpc) is 4.16. The second-order valence-electron chi connectivity index (χ2n) is 19.5. The van der Waals surface area contributed by atoms with Gasteiger partial charge in [-0.25, -0.2) is 4.85 Å². The summed E-state index contributed by atoms with van der Waals surface area (Å²) in [6.45, 7) is 9.43. The van der Waals surface area contributed by atoms with Crippen LogP contribution in [0.5, 0.6) is 0 Å². The predicted octanol–water partition coefficient (Wildman–Crippen LogP) is 18.1. The molecule has 2 aliphatic rings. The summed E-state index contributed by atoms with van der Waals surface area (Å²) in [7, 11) is 0. The van der Waals surface area contributed by atoms with Crippen molar-refractivity contribution in [3.05, 3.63) is 299 Å². The van der Waals surface area contributed by atoms with E-state index in [4.69, 9.17) is 0 Å². The molecule has 0 spiro atoms. The third-order valence-corrected chi connectivity index (χ3v) is 15.7. The van der Waals surface area contributed by atoms with E-state index in [1.807, 2.05) is 48.5 Å². The standard InChI is InChI=1S/C71H42N4/c1-74-70-69(67-56-36-32-50(46-22-10-4-11-23-46)40-60(56)61-41-51(33-37-57(61)67)47-24-12-5-13-25-47)62(42-72)68(63(43-73)71(70)75-64-28-16-14-26-52(64)53-27-15-17-29-65(53)75)66-54-34-30-48(44-18-6-2-7-19-44)38-58(54)59-39-49(31-35-55(59)66)45-20-8-3-9-21-45/h2-41,66-67H. The second kappa shape index (κ2) is 17.5. The molecule has 0 bridgehead atoms. The summed E-state index contributed by atoms with van der Waals surface area (Å²) in [6, 6.07) is 90.3. The lowest BCUT2D eigenvalue weighted by Gasteiger charge is -2.28. The molecule has 0 aliphatic heterocycles. The topological polar surface area (TPSA) is 56.9 Å². The van der Waals surface area contributed by atoms with Crippen molar-refractivity contribution in [2.24, 2.45) is 0 Å². The van der Waals surface area contributed by atoms with Crippen LogP contribution in [-0.4, -0.2) is 4.57 Å². The lowest BCUT2D eigenvalue weighted by atomic mass is 9.76.